The highest BCUT2D eigenvalue weighted by Crippen LogP contribution is 2.24. The maximum atomic E-state index is 12.9. The lowest BCUT2D eigenvalue weighted by molar-refractivity contribution is -0.135. The second-order valence-corrected chi connectivity index (χ2v) is 9.51. The summed E-state index contributed by atoms with van der Waals surface area (Å²) in [5.74, 6) is 1.43. The van der Waals surface area contributed by atoms with E-state index in [1.807, 2.05) is 42.6 Å². The van der Waals surface area contributed by atoms with Gasteiger partial charge in [-0.2, -0.15) is 5.26 Å². The highest BCUT2D eigenvalue weighted by Gasteiger charge is 2.34. The number of nitriles is 1. The molecule has 0 saturated carbocycles. The summed E-state index contributed by atoms with van der Waals surface area (Å²) in [6.07, 6.45) is 0.141. The molecule has 9 heteroatoms. The van der Waals surface area contributed by atoms with E-state index in [9.17, 15) is 9.59 Å². The molecule has 2 aromatic carbocycles. The van der Waals surface area contributed by atoms with Gasteiger partial charge in [0.1, 0.15) is 23.4 Å². The van der Waals surface area contributed by atoms with Crippen molar-refractivity contribution in [2.75, 3.05) is 16.9 Å². The molecule has 2 heterocycles. The zero-order chi connectivity index (χ0) is 23.2. The number of benzene rings is 2. The molecule has 1 aromatic heterocycles. The molecule has 1 fully saturated rings. The lowest BCUT2D eigenvalue weighted by atomic mass is 10.2. The van der Waals surface area contributed by atoms with Crippen molar-refractivity contribution in [3.8, 4) is 11.8 Å². The third-order valence-electron chi connectivity index (χ3n) is 5.10. The first-order chi connectivity index (χ1) is 16.0. The van der Waals surface area contributed by atoms with Crippen LogP contribution in [0.5, 0.6) is 5.75 Å². The molecule has 0 bridgehead atoms. The fourth-order valence-corrected chi connectivity index (χ4v) is 5.18. The lowest BCUT2D eigenvalue weighted by Gasteiger charge is -2.22. The van der Waals surface area contributed by atoms with Crippen LogP contribution >= 0.6 is 23.1 Å². The zero-order valence-electron chi connectivity index (χ0n) is 18.0. The Kier molecular flexibility index (Phi) is 7.27. The summed E-state index contributed by atoms with van der Waals surface area (Å²) in [5.41, 5.74) is 2.96. The predicted molar refractivity (Wildman–Crippen MR) is 129 cm³/mol. The summed E-state index contributed by atoms with van der Waals surface area (Å²) in [5, 5.41) is 14.4. The molecule has 4 rings (SSSR count). The molecule has 1 N–H and O–H groups in total. The molecule has 1 aliphatic rings. The molecule has 1 atom stereocenters. The van der Waals surface area contributed by atoms with Crippen LogP contribution in [0.2, 0.25) is 0 Å². The van der Waals surface area contributed by atoms with Crippen LogP contribution in [0.25, 0.3) is 0 Å². The van der Waals surface area contributed by atoms with Crippen LogP contribution in [0.1, 0.15) is 21.8 Å². The SMILES string of the molecule is Cc1ccc(OCc2nc(CC(=O)N3CSCC3C(=O)Nc3ccc(C#N)cc3)cs2)cc1. The van der Waals surface area contributed by atoms with Crippen LogP contribution in [-0.4, -0.2) is 39.4 Å². The van der Waals surface area contributed by atoms with E-state index in [-0.39, 0.29) is 18.2 Å². The standard InChI is InChI=1S/C24H22N4O3S2/c1-16-2-8-20(9-3-16)31-12-22-26-19(13-33-22)10-23(29)28-15-32-14-21(28)24(30)27-18-6-4-17(11-25)5-7-18/h2-9,13,21H,10,12,14-15H2,1H3,(H,27,30). The Labute approximate surface area is 200 Å². The maximum absolute atomic E-state index is 12.9. The Morgan fingerprint density at radius 3 is 2.70 bits per heavy atom. The zero-order valence-corrected chi connectivity index (χ0v) is 19.6. The van der Waals surface area contributed by atoms with Crippen molar-refractivity contribution >= 4 is 40.6 Å². The summed E-state index contributed by atoms with van der Waals surface area (Å²) < 4.78 is 5.76. The van der Waals surface area contributed by atoms with Gasteiger partial charge in [0, 0.05) is 16.8 Å². The number of thiazole rings is 1. The van der Waals surface area contributed by atoms with Crippen LogP contribution in [0.3, 0.4) is 0 Å². The fourth-order valence-electron chi connectivity index (χ4n) is 3.29. The maximum Gasteiger partial charge on any atom is 0.248 e. The van der Waals surface area contributed by atoms with Crippen LogP contribution in [0, 0.1) is 18.3 Å². The van der Waals surface area contributed by atoms with E-state index in [1.165, 1.54) is 16.9 Å². The van der Waals surface area contributed by atoms with Gasteiger partial charge in [0.05, 0.1) is 29.6 Å². The topological polar surface area (TPSA) is 95.3 Å². The number of nitrogens with one attached hydrogen (secondary N) is 1. The Balaban J connectivity index is 1.32. The van der Waals surface area contributed by atoms with Crippen LogP contribution in [0.4, 0.5) is 5.69 Å². The molecule has 1 aliphatic heterocycles. The molecule has 1 unspecified atom stereocenters. The average Bonchev–Trinajstić information content (AvgIpc) is 3.49. The normalized spacial score (nSPS) is 15.2. The van der Waals surface area contributed by atoms with Gasteiger partial charge in [-0.15, -0.1) is 23.1 Å². The number of carbonyl (C=O) groups excluding carboxylic acids is 2. The molecule has 0 radical (unpaired) electrons. The molecular formula is C24H22N4O3S2. The Hall–Kier alpha value is -3.35. The van der Waals surface area contributed by atoms with Gasteiger partial charge in [-0.3, -0.25) is 9.59 Å². The third-order valence-corrected chi connectivity index (χ3v) is 6.99. The minimum absolute atomic E-state index is 0.128. The Bertz CT molecular complexity index is 1170. The monoisotopic (exact) mass is 478 g/mol. The smallest absolute Gasteiger partial charge is 0.248 e. The fraction of sp³-hybridized carbons (Fsp3) is 0.250. The van der Waals surface area contributed by atoms with Gasteiger partial charge in [-0.05, 0) is 43.3 Å². The highest BCUT2D eigenvalue weighted by molar-refractivity contribution is 7.99. The first kappa shape index (κ1) is 22.8. The van der Waals surface area contributed by atoms with Crippen LogP contribution < -0.4 is 10.1 Å². The summed E-state index contributed by atoms with van der Waals surface area (Å²) in [4.78, 5) is 31.8. The molecule has 0 spiro atoms. The van der Waals surface area contributed by atoms with Gasteiger partial charge in [0.15, 0.2) is 0 Å². The second kappa shape index (κ2) is 10.5. The van der Waals surface area contributed by atoms with Crippen molar-refractivity contribution in [1.29, 1.82) is 5.26 Å². The van der Waals surface area contributed by atoms with Crippen molar-refractivity contribution < 1.29 is 14.3 Å². The van der Waals surface area contributed by atoms with Crippen LogP contribution in [-0.2, 0) is 22.6 Å². The van der Waals surface area contributed by atoms with E-state index in [0.717, 1.165) is 10.8 Å². The summed E-state index contributed by atoms with van der Waals surface area (Å²) in [6.45, 7) is 2.37. The van der Waals surface area contributed by atoms with E-state index >= 15 is 0 Å². The van der Waals surface area contributed by atoms with Gasteiger partial charge < -0.3 is 15.0 Å². The van der Waals surface area contributed by atoms with E-state index in [4.69, 9.17) is 10.00 Å². The van der Waals surface area contributed by atoms with E-state index in [1.54, 1.807) is 40.9 Å². The number of aryl methyl sites for hydroxylation is 1. The number of anilines is 1. The minimum Gasteiger partial charge on any atom is -0.486 e. The molecular weight excluding hydrogens is 456 g/mol. The number of thioether (sulfide) groups is 1. The second-order valence-electron chi connectivity index (χ2n) is 7.57. The quantitative estimate of drug-likeness (QED) is 0.552. The number of aromatic nitrogens is 1. The Morgan fingerprint density at radius 1 is 1.21 bits per heavy atom. The first-order valence-electron chi connectivity index (χ1n) is 10.3. The molecule has 1 saturated heterocycles. The number of carbonyl (C=O) groups is 2. The van der Waals surface area contributed by atoms with Crippen molar-refractivity contribution in [3.63, 3.8) is 0 Å². The number of rotatable bonds is 7. The summed E-state index contributed by atoms with van der Waals surface area (Å²) >= 11 is 3.00. The van der Waals surface area contributed by atoms with Crippen molar-refractivity contribution in [3.05, 3.63) is 75.7 Å². The summed E-state index contributed by atoms with van der Waals surface area (Å²) in [6, 6.07) is 16.0. The molecule has 3 aromatic rings. The van der Waals surface area contributed by atoms with Crippen molar-refractivity contribution in [2.45, 2.75) is 26.0 Å². The lowest BCUT2D eigenvalue weighted by Crippen LogP contribution is -2.45. The number of nitrogens with zero attached hydrogens (tertiary/aromatic N) is 3. The Morgan fingerprint density at radius 2 is 1.97 bits per heavy atom. The highest BCUT2D eigenvalue weighted by atomic mass is 32.2. The van der Waals surface area contributed by atoms with E-state index in [2.05, 4.69) is 10.3 Å². The van der Waals surface area contributed by atoms with Crippen LogP contribution in [0.15, 0.2) is 53.9 Å². The van der Waals surface area contributed by atoms with Gasteiger partial charge in [-0.25, -0.2) is 4.98 Å². The minimum atomic E-state index is -0.541. The molecule has 0 aliphatic carbocycles. The number of hydrogen-bond donors (Lipinski definition) is 1. The molecule has 7 nitrogen and oxygen atoms in total. The first-order valence-corrected chi connectivity index (χ1v) is 12.4. The summed E-state index contributed by atoms with van der Waals surface area (Å²) in [7, 11) is 0. The van der Waals surface area contributed by atoms with Gasteiger partial charge in [0.25, 0.3) is 0 Å². The average molecular weight is 479 g/mol. The molecule has 168 valence electrons. The van der Waals surface area contributed by atoms with Gasteiger partial charge in [-0.1, -0.05) is 17.7 Å². The number of amides is 2. The largest absolute Gasteiger partial charge is 0.486 e. The molecule has 33 heavy (non-hydrogen) atoms. The van der Waals surface area contributed by atoms with Crippen molar-refractivity contribution in [2.24, 2.45) is 0 Å². The predicted octanol–water partition coefficient (Wildman–Crippen LogP) is 3.98. The molecule has 2 amide bonds. The van der Waals surface area contributed by atoms with E-state index < -0.39 is 6.04 Å². The number of hydrogen-bond acceptors (Lipinski definition) is 7. The number of ether oxygens (including phenoxy) is 1. The van der Waals surface area contributed by atoms with Gasteiger partial charge >= 0.3 is 0 Å². The van der Waals surface area contributed by atoms with Crippen molar-refractivity contribution in [1.82, 2.24) is 9.88 Å². The third kappa shape index (κ3) is 5.92. The van der Waals surface area contributed by atoms with Gasteiger partial charge in [0.2, 0.25) is 11.8 Å². The van der Waals surface area contributed by atoms with E-state index in [0.29, 0.717) is 35.2 Å².